The third-order valence-corrected chi connectivity index (χ3v) is 2.75. The summed E-state index contributed by atoms with van der Waals surface area (Å²) < 4.78 is 4.53. The minimum atomic E-state index is -0.317. The first-order chi connectivity index (χ1) is 9.02. The molecule has 4 nitrogen and oxygen atoms in total. The van der Waals surface area contributed by atoms with E-state index in [1.807, 2.05) is 31.2 Å². The Kier molecular flexibility index (Phi) is 5.79. The summed E-state index contributed by atoms with van der Waals surface area (Å²) in [6.07, 6.45) is 3.47. The molecular weight excluding hydrogens is 242 g/mol. The van der Waals surface area contributed by atoms with E-state index in [0.717, 1.165) is 5.56 Å². The fourth-order valence-corrected chi connectivity index (χ4v) is 1.44. The highest BCUT2D eigenvalue weighted by atomic mass is 16.5. The lowest BCUT2D eigenvalue weighted by atomic mass is 10.1. The largest absolute Gasteiger partial charge is 0.469 e. The molecule has 0 atom stereocenters. The van der Waals surface area contributed by atoms with Gasteiger partial charge < -0.3 is 9.64 Å². The Hall–Kier alpha value is -2.10. The number of nitrogens with zero attached hydrogens (tertiary/aromatic N) is 1. The van der Waals surface area contributed by atoms with Gasteiger partial charge in [-0.25, -0.2) is 0 Å². The summed E-state index contributed by atoms with van der Waals surface area (Å²) in [5.74, 6) is -0.452. The molecule has 0 spiro atoms. The highest BCUT2D eigenvalue weighted by Crippen LogP contribution is 2.05. The number of likely N-dealkylation sites (N-methyl/N-ethyl adjacent to an activating group) is 1. The second-order valence-electron chi connectivity index (χ2n) is 4.33. The lowest BCUT2D eigenvalue weighted by molar-refractivity contribution is -0.141. The van der Waals surface area contributed by atoms with Crippen LogP contribution in [0.3, 0.4) is 0 Å². The SMILES string of the molecule is COC(=O)CCN(C)C(=O)C=Cc1ccc(C)cc1. The number of esters is 1. The average molecular weight is 261 g/mol. The van der Waals surface area contributed by atoms with Crippen LogP contribution in [0.4, 0.5) is 0 Å². The molecule has 0 saturated heterocycles. The molecule has 0 aromatic heterocycles. The van der Waals surface area contributed by atoms with Crippen molar-refractivity contribution in [1.82, 2.24) is 4.90 Å². The van der Waals surface area contributed by atoms with Crippen molar-refractivity contribution in [3.63, 3.8) is 0 Å². The van der Waals surface area contributed by atoms with Gasteiger partial charge in [-0.05, 0) is 18.6 Å². The summed E-state index contributed by atoms with van der Waals surface area (Å²) in [5.41, 5.74) is 2.15. The van der Waals surface area contributed by atoms with Crippen LogP contribution >= 0.6 is 0 Å². The first-order valence-electron chi connectivity index (χ1n) is 6.09. The van der Waals surface area contributed by atoms with Crippen LogP contribution in [0, 0.1) is 6.92 Å². The van der Waals surface area contributed by atoms with Gasteiger partial charge in [0.2, 0.25) is 5.91 Å². The first-order valence-corrected chi connectivity index (χ1v) is 6.09. The van der Waals surface area contributed by atoms with E-state index in [1.54, 1.807) is 13.1 Å². The molecule has 0 heterocycles. The molecular formula is C15H19NO3. The van der Waals surface area contributed by atoms with Crippen LogP contribution < -0.4 is 0 Å². The molecule has 0 N–H and O–H groups in total. The highest BCUT2D eigenvalue weighted by molar-refractivity contribution is 5.91. The van der Waals surface area contributed by atoms with Gasteiger partial charge in [0.1, 0.15) is 0 Å². The Morgan fingerprint density at radius 3 is 2.47 bits per heavy atom. The molecule has 0 aliphatic rings. The molecule has 19 heavy (non-hydrogen) atoms. The standard InChI is InChI=1S/C15H19NO3/c1-12-4-6-13(7-5-12)8-9-14(17)16(2)11-10-15(18)19-3/h4-9H,10-11H2,1-3H3. The van der Waals surface area contributed by atoms with Crippen molar-refractivity contribution < 1.29 is 14.3 Å². The van der Waals surface area contributed by atoms with Crippen LogP contribution in [-0.2, 0) is 14.3 Å². The van der Waals surface area contributed by atoms with Crippen molar-refractivity contribution >= 4 is 18.0 Å². The second kappa shape index (κ2) is 7.36. The third kappa shape index (κ3) is 5.38. The van der Waals surface area contributed by atoms with E-state index in [9.17, 15) is 9.59 Å². The van der Waals surface area contributed by atoms with Crippen LogP contribution in [0.5, 0.6) is 0 Å². The van der Waals surface area contributed by atoms with Crippen LogP contribution in [0.1, 0.15) is 17.5 Å². The zero-order chi connectivity index (χ0) is 14.3. The topological polar surface area (TPSA) is 46.6 Å². The maximum Gasteiger partial charge on any atom is 0.307 e. The summed E-state index contributed by atoms with van der Waals surface area (Å²) >= 11 is 0. The lowest BCUT2D eigenvalue weighted by Gasteiger charge is -2.13. The summed E-state index contributed by atoms with van der Waals surface area (Å²) in [6.45, 7) is 2.36. The Morgan fingerprint density at radius 2 is 1.89 bits per heavy atom. The maximum atomic E-state index is 11.8. The monoisotopic (exact) mass is 261 g/mol. The Balaban J connectivity index is 2.49. The molecule has 0 unspecified atom stereocenters. The van der Waals surface area contributed by atoms with Gasteiger partial charge in [-0.1, -0.05) is 29.8 Å². The molecule has 1 amide bonds. The number of hydrogen-bond acceptors (Lipinski definition) is 3. The number of carbonyl (C=O) groups is 2. The van der Waals surface area contributed by atoms with Crippen LogP contribution in [-0.4, -0.2) is 37.5 Å². The van der Waals surface area contributed by atoms with Gasteiger partial charge in [0, 0.05) is 19.7 Å². The van der Waals surface area contributed by atoms with Crippen LogP contribution in [0.2, 0.25) is 0 Å². The fraction of sp³-hybridized carbons (Fsp3) is 0.333. The number of aryl methyl sites for hydroxylation is 1. The molecule has 0 bridgehead atoms. The van der Waals surface area contributed by atoms with Crippen molar-refractivity contribution in [3.8, 4) is 0 Å². The van der Waals surface area contributed by atoms with Crippen molar-refractivity contribution in [2.24, 2.45) is 0 Å². The van der Waals surface area contributed by atoms with E-state index in [-0.39, 0.29) is 18.3 Å². The van der Waals surface area contributed by atoms with Gasteiger partial charge in [0.15, 0.2) is 0 Å². The summed E-state index contributed by atoms with van der Waals surface area (Å²) in [6, 6.07) is 7.89. The number of hydrogen-bond donors (Lipinski definition) is 0. The fourth-order valence-electron chi connectivity index (χ4n) is 1.44. The van der Waals surface area contributed by atoms with Gasteiger partial charge in [-0.2, -0.15) is 0 Å². The van der Waals surface area contributed by atoms with Gasteiger partial charge in [-0.3, -0.25) is 9.59 Å². The van der Waals surface area contributed by atoms with Gasteiger partial charge in [0.25, 0.3) is 0 Å². The molecule has 102 valence electrons. The van der Waals surface area contributed by atoms with Gasteiger partial charge >= 0.3 is 5.97 Å². The summed E-state index contributed by atoms with van der Waals surface area (Å²) in [7, 11) is 2.99. The van der Waals surface area contributed by atoms with E-state index in [2.05, 4.69) is 4.74 Å². The number of ether oxygens (including phenoxy) is 1. The quantitative estimate of drug-likeness (QED) is 0.602. The first kappa shape index (κ1) is 15.0. The molecule has 1 aromatic rings. The number of carbonyl (C=O) groups excluding carboxylic acids is 2. The molecule has 0 aliphatic heterocycles. The number of benzene rings is 1. The van der Waals surface area contributed by atoms with E-state index in [1.165, 1.54) is 23.6 Å². The molecule has 0 saturated carbocycles. The average Bonchev–Trinajstić information content (AvgIpc) is 2.43. The zero-order valence-electron chi connectivity index (χ0n) is 11.6. The van der Waals surface area contributed by atoms with Crippen molar-refractivity contribution in [3.05, 3.63) is 41.5 Å². The van der Waals surface area contributed by atoms with E-state index >= 15 is 0 Å². The van der Waals surface area contributed by atoms with Gasteiger partial charge in [-0.15, -0.1) is 0 Å². The minimum absolute atomic E-state index is 0.135. The minimum Gasteiger partial charge on any atom is -0.469 e. The normalized spacial score (nSPS) is 10.5. The lowest BCUT2D eigenvalue weighted by Crippen LogP contribution is -2.27. The Bertz CT molecular complexity index is 463. The van der Waals surface area contributed by atoms with Crippen LogP contribution in [0.25, 0.3) is 6.08 Å². The molecule has 1 aromatic carbocycles. The Labute approximate surface area is 113 Å². The van der Waals surface area contributed by atoms with E-state index in [0.29, 0.717) is 6.54 Å². The molecule has 0 radical (unpaired) electrons. The number of amides is 1. The van der Waals surface area contributed by atoms with Crippen molar-refractivity contribution in [2.75, 3.05) is 20.7 Å². The third-order valence-electron chi connectivity index (χ3n) is 2.75. The highest BCUT2D eigenvalue weighted by Gasteiger charge is 2.07. The van der Waals surface area contributed by atoms with E-state index < -0.39 is 0 Å². The summed E-state index contributed by atoms with van der Waals surface area (Å²) in [4.78, 5) is 24.2. The smallest absolute Gasteiger partial charge is 0.307 e. The zero-order valence-corrected chi connectivity index (χ0v) is 11.6. The Morgan fingerprint density at radius 1 is 1.26 bits per heavy atom. The molecule has 0 aliphatic carbocycles. The van der Waals surface area contributed by atoms with Crippen LogP contribution in [0.15, 0.2) is 30.3 Å². The molecule has 4 heteroatoms. The molecule has 0 fully saturated rings. The predicted molar refractivity (Wildman–Crippen MR) is 74.5 cm³/mol. The van der Waals surface area contributed by atoms with Crippen molar-refractivity contribution in [2.45, 2.75) is 13.3 Å². The maximum absolute atomic E-state index is 11.8. The number of methoxy groups -OCH3 is 1. The predicted octanol–water partition coefficient (Wildman–Crippen LogP) is 2.03. The van der Waals surface area contributed by atoms with E-state index in [4.69, 9.17) is 0 Å². The second-order valence-corrected chi connectivity index (χ2v) is 4.33. The molecule has 1 rings (SSSR count). The van der Waals surface area contributed by atoms with Crippen molar-refractivity contribution in [1.29, 1.82) is 0 Å². The number of rotatable bonds is 5. The summed E-state index contributed by atoms with van der Waals surface area (Å²) in [5, 5.41) is 0. The van der Waals surface area contributed by atoms with Gasteiger partial charge in [0.05, 0.1) is 13.5 Å².